The van der Waals surface area contributed by atoms with Gasteiger partial charge in [0.05, 0.1) is 11.6 Å². The minimum Gasteiger partial charge on any atom is -0.457 e. The molecule has 0 aliphatic carbocycles. The monoisotopic (exact) mass is 456 g/mol. The molecular weight excluding hydrogens is 428 g/mol. The van der Waals surface area contributed by atoms with Gasteiger partial charge in [-0.2, -0.15) is 5.10 Å². The van der Waals surface area contributed by atoms with Gasteiger partial charge in [-0.05, 0) is 62.0 Å². The third-order valence-electron chi connectivity index (χ3n) is 5.88. The average Bonchev–Trinajstić information content (AvgIpc) is 3.28. The van der Waals surface area contributed by atoms with Crippen molar-refractivity contribution in [3.8, 4) is 22.8 Å². The van der Waals surface area contributed by atoms with Gasteiger partial charge >= 0.3 is 0 Å². The highest BCUT2D eigenvalue weighted by atomic mass is 16.5. The Morgan fingerprint density at radius 3 is 2.56 bits per heavy atom. The molecule has 3 aromatic rings. The second kappa shape index (κ2) is 10.2. The van der Waals surface area contributed by atoms with Gasteiger partial charge in [0, 0.05) is 25.7 Å². The van der Waals surface area contributed by atoms with E-state index >= 15 is 0 Å². The highest BCUT2D eigenvalue weighted by Gasteiger charge is 2.30. The maximum Gasteiger partial charge on any atom is 0.246 e. The number of para-hydroxylation sites is 1. The molecule has 2 aromatic carbocycles. The molecule has 1 amide bonds. The Kier molecular flexibility index (Phi) is 6.87. The summed E-state index contributed by atoms with van der Waals surface area (Å²) in [5.41, 5.74) is 2.02. The summed E-state index contributed by atoms with van der Waals surface area (Å²) in [6, 6.07) is 17.1. The van der Waals surface area contributed by atoms with E-state index < -0.39 is 0 Å². The molecule has 2 heterocycles. The summed E-state index contributed by atoms with van der Waals surface area (Å²) in [5, 5.41) is 16.5. The average molecular weight is 457 g/mol. The molecule has 0 bridgehead atoms. The van der Waals surface area contributed by atoms with E-state index in [-0.39, 0.29) is 17.8 Å². The van der Waals surface area contributed by atoms with Crippen LogP contribution in [-0.4, -0.2) is 53.3 Å². The minimum atomic E-state index is -0.0854. The third kappa shape index (κ3) is 4.61. The molecule has 0 saturated carbocycles. The standard InChI is InChI=1S/C26H28N6O2/c1-4-22(33)31-16-8-9-19(17-31)32-26(29-3)23(25(27)28-2)24(30-32)18-12-14-21(15-13-18)34-20-10-6-5-7-11-20/h4-7,10-15,19,27,29H,1-2,8-9,16-17H2,3H3/t19-/m1/s1. The zero-order valence-electron chi connectivity index (χ0n) is 19.2. The maximum atomic E-state index is 12.2. The number of amidine groups is 1. The summed E-state index contributed by atoms with van der Waals surface area (Å²) < 4.78 is 7.78. The van der Waals surface area contributed by atoms with E-state index in [0.29, 0.717) is 35.9 Å². The number of likely N-dealkylation sites (tertiary alicyclic amines) is 1. The van der Waals surface area contributed by atoms with Crippen LogP contribution in [-0.2, 0) is 4.79 Å². The van der Waals surface area contributed by atoms with Crippen LogP contribution in [0.15, 0.2) is 72.2 Å². The van der Waals surface area contributed by atoms with Gasteiger partial charge in [-0.15, -0.1) is 0 Å². The SMILES string of the molecule is C=CC(=O)N1CCC[C@@H](n2nc(-c3ccc(Oc4ccccc4)cc3)c(C(=N)N=C)c2NC)C1. The number of rotatable bonds is 7. The zero-order chi connectivity index (χ0) is 24.1. The summed E-state index contributed by atoms with van der Waals surface area (Å²) in [6.45, 7) is 8.39. The van der Waals surface area contributed by atoms with Crippen LogP contribution in [0.25, 0.3) is 11.3 Å². The minimum absolute atomic E-state index is 0.0324. The Morgan fingerprint density at radius 2 is 1.91 bits per heavy atom. The van der Waals surface area contributed by atoms with Crippen molar-refractivity contribution in [3.63, 3.8) is 0 Å². The van der Waals surface area contributed by atoms with Crippen molar-refractivity contribution in [2.24, 2.45) is 4.99 Å². The third-order valence-corrected chi connectivity index (χ3v) is 5.88. The summed E-state index contributed by atoms with van der Waals surface area (Å²) in [5.74, 6) is 2.08. The normalized spacial score (nSPS) is 15.4. The second-order valence-corrected chi connectivity index (χ2v) is 8.00. The van der Waals surface area contributed by atoms with Crippen molar-refractivity contribution >= 4 is 24.3 Å². The zero-order valence-corrected chi connectivity index (χ0v) is 19.2. The molecule has 34 heavy (non-hydrogen) atoms. The number of nitrogens with one attached hydrogen (secondary N) is 2. The highest BCUT2D eigenvalue weighted by molar-refractivity contribution is 6.08. The van der Waals surface area contributed by atoms with E-state index in [1.807, 2.05) is 59.3 Å². The summed E-state index contributed by atoms with van der Waals surface area (Å²) in [6.07, 6.45) is 3.08. The Labute approximate surface area is 199 Å². The number of carbonyl (C=O) groups is 1. The fourth-order valence-electron chi connectivity index (χ4n) is 4.23. The molecule has 1 atom stereocenters. The van der Waals surface area contributed by atoms with E-state index in [9.17, 15) is 4.79 Å². The molecule has 1 aromatic heterocycles. The van der Waals surface area contributed by atoms with E-state index in [1.165, 1.54) is 6.08 Å². The maximum absolute atomic E-state index is 12.2. The second-order valence-electron chi connectivity index (χ2n) is 8.00. The number of ether oxygens (including phenoxy) is 1. The van der Waals surface area contributed by atoms with Crippen LogP contribution < -0.4 is 10.1 Å². The molecule has 8 nitrogen and oxygen atoms in total. The van der Waals surface area contributed by atoms with Crippen LogP contribution in [0.4, 0.5) is 5.82 Å². The van der Waals surface area contributed by atoms with Gasteiger partial charge in [-0.3, -0.25) is 10.2 Å². The number of anilines is 1. The van der Waals surface area contributed by atoms with Gasteiger partial charge in [0.25, 0.3) is 0 Å². The van der Waals surface area contributed by atoms with Gasteiger partial charge in [0.1, 0.15) is 23.0 Å². The number of aromatic nitrogens is 2. The molecule has 4 rings (SSSR count). The molecular formula is C26H28N6O2. The van der Waals surface area contributed by atoms with Gasteiger partial charge in [0.2, 0.25) is 5.91 Å². The first-order valence-corrected chi connectivity index (χ1v) is 11.2. The quantitative estimate of drug-likeness (QED) is 0.304. The molecule has 1 saturated heterocycles. The van der Waals surface area contributed by atoms with Crippen LogP contribution >= 0.6 is 0 Å². The lowest BCUT2D eigenvalue weighted by Crippen LogP contribution is -2.40. The summed E-state index contributed by atoms with van der Waals surface area (Å²) in [4.78, 5) is 17.9. The van der Waals surface area contributed by atoms with E-state index in [1.54, 1.807) is 11.9 Å². The van der Waals surface area contributed by atoms with E-state index in [2.05, 4.69) is 23.6 Å². The first-order chi connectivity index (χ1) is 16.5. The molecule has 0 spiro atoms. The molecule has 8 heteroatoms. The number of hydrogen-bond acceptors (Lipinski definition) is 5. The Bertz CT molecular complexity index is 1200. The van der Waals surface area contributed by atoms with E-state index in [4.69, 9.17) is 15.2 Å². The number of amides is 1. The van der Waals surface area contributed by atoms with Crippen LogP contribution in [0.2, 0.25) is 0 Å². The van der Waals surface area contributed by atoms with E-state index in [0.717, 1.165) is 24.2 Å². The smallest absolute Gasteiger partial charge is 0.246 e. The van der Waals surface area contributed by atoms with Crippen molar-refractivity contribution in [3.05, 3.63) is 72.8 Å². The van der Waals surface area contributed by atoms with Crippen LogP contribution in [0.1, 0.15) is 24.4 Å². The molecule has 174 valence electrons. The van der Waals surface area contributed by atoms with Gasteiger partial charge < -0.3 is 15.0 Å². The van der Waals surface area contributed by atoms with Gasteiger partial charge in [-0.1, -0.05) is 24.8 Å². The number of nitrogens with zero attached hydrogens (tertiary/aromatic N) is 4. The first kappa shape index (κ1) is 23.0. The van der Waals surface area contributed by atoms with Crippen molar-refractivity contribution in [2.45, 2.75) is 18.9 Å². The fourth-order valence-corrected chi connectivity index (χ4v) is 4.23. The van der Waals surface area contributed by atoms with Crippen LogP contribution in [0, 0.1) is 5.41 Å². The lowest BCUT2D eigenvalue weighted by atomic mass is 10.0. The van der Waals surface area contributed by atoms with Crippen molar-refractivity contribution in [2.75, 3.05) is 25.5 Å². The van der Waals surface area contributed by atoms with Crippen molar-refractivity contribution in [1.29, 1.82) is 5.41 Å². The summed E-state index contributed by atoms with van der Waals surface area (Å²) >= 11 is 0. The van der Waals surface area contributed by atoms with Crippen LogP contribution in [0.3, 0.4) is 0 Å². The highest BCUT2D eigenvalue weighted by Crippen LogP contribution is 2.35. The number of piperidine rings is 1. The predicted octanol–water partition coefficient (Wildman–Crippen LogP) is 4.76. The van der Waals surface area contributed by atoms with Crippen molar-refractivity contribution in [1.82, 2.24) is 14.7 Å². The molecule has 0 unspecified atom stereocenters. The number of aliphatic imine (C=N–C) groups is 1. The predicted molar refractivity (Wildman–Crippen MR) is 135 cm³/mol. The summed E-state index contributed by atoms with van der Waals surface area (Å²) in [7, 11) is 1.80. The van der Waals surface area contributed by atoms with Crippen molar-refractivity contribution < 1.29 is 9.53 Å². The van der Waals surface area contributed by atoms with Crippen LogP contribution in [0.5, 0.6) is 11.5 Å². The molecule has 0 radical (unpaired) electrons. The molecule has 2 N–H and O–H groups in total. The molecule has 1 aliphatic rings. The fraction of sp³-hybridized carbons (Fsp3) is 0.231. The Balaban J connectivity index is 1.70. The Hall–Kier alpha value is -4.20. The largest absolute Gasteiger partial charge is 0.457 e. The van der Waals surface area contributed by atoms with Gasteiger partial charge in [0.15, 0.2) is 5.84 Å². The number of hydrogen-bond donors (Lipinski definition) is 2. The van der Waals surface area contributed by atoms with Gasteiger partial charge in [-0.25, -0.2) is 9.67 Å². The lowest BCUT2D eigenvalue weighted by Gasteiger charge is -2.33. The lowest BCUT2D eigenvalue weighted by molar-refractivity contribution is -0.127. The Morgan fingerprint density at radius 1 is 1.21 bits per heavy atom. The number of benzene rings is 2. The number of carbonyl (C=O) groups excluding carboxylic acids is 1. The molecule has 1 fully saturated rings. The first-order valence-electron chi connectivity index (χ1n) is 11.2. The molecule has 1 aliphatic heterocycles. The topological polar surface area (TPSA) is 95.6 Å².